The summed E-state index contributed by atoms with van der Waals surface area (Å²) in [6, 6.07) is 9.26. The predicted octanol–water partition coefficient (Wildman–Crippen LogP) is 1.48. The van der Waals surface area contributed by atoms with E-state index in [0.717, 1.165) is 21.4 Å². The number of benzene rings is 1. The molecule has 1 saturated heterocycles. The van der Waals surface area contributed by atoms with E-state index in [9.17, 15) is 28.0 Å². The molecule has 1 unspecified atom stereocenters. The van der Waals surface area contributed by atoms with Gasteiger partial charge >= 0.3 is 15.0 Å². The zero-order valence-corrected chi connectivity index (χ0v) is 22.0. The minimum absolute atomic E-state index is 0.0309. The summed E-state index contributed by atoms with van der Waals surface area (Å²) in [5.74, 6) is -1.33. The van der Waals surface area contributed by atoms with Gasteiger partial charge in [-0.3, -0.25) is 14.4 Å². The molecule has 38 heavy (non-hydrogen) atoms. The molecule has 3 heterocycles. The van der Waals surface area contributed by atoms with Gasteiger partial charge in [-0.25, -0.2) is 8.42 Å². The molecule has 2 atom stereocenters. The number of nitrogens with zero attached hydrogens (tertiary/aromatic N) is 2. The van der Waals surface area contributed by atoms with E-state index in [1.54, 1.807) is 24.4 Å². The van der Waals surface area contributed by atoms with Crippen molar-refractivity contribution in [2.24, 2.45) is 5.92 Å². The highest BCUT2D eigenvalue weighted by Gasteiger charge is 2.37. The first-order valence-electron chi connectivity index (χ1n) is 12.5. The standard InChI is InChI=1S/C26H31N5O6S/c1-17(2)14-22(29-25(33)19-8-9-20-18(15-19)10-11-27-20)26(34)28-21-6-5-12-30(16-23(21)32)38(36,37)24-7-3-4-13-31(24)35/h3-4,7-11,13,15,17,21-22,27H,5-6,12,14,16H2,1-2H3,(H,28,34)(H,29,33)/t21?,22-/m1/s1. The number of ketones is 1. The lowest BCUT2D eigenvalue weighted by molar-refractivity contribution is -0.646. The van der Waals surface area contributed by atoms with Gasteiger partial charge in [0.25, 0.3) is 5.91 Å². The van der Waals surface area contributed by atoms with E-state index in [1.807, 2.05) is 19.9 Å². The number of pyridine rings is 1. The Morgan fingerprint density at radius 3 is 2.74 bits per heavy atom. The second kappa shape index (κ2) is 11.3. The van der Waals surface area contributed by atoms with Gasteiger partial charge in [-0.1, -0.05) is 13.8 Å². The van der Waals surface area contributed by atoms with E-state index in [2.05, 4.69) is 15.6 Å². The Bertz CT molecular complexity index is 1450. The largest absolute Gasteiger partial charge is 0.618 e. The molecule has 1 fully saturated rings. The van der Waals surface area contributed by atoms with Crippen LogP contribution < -0.4 is 15.4 Å². The van der Waals surface area contributed by atoms with Crippen molar-refractivity contribution >= 4 is 38.5 Å². The summed E-state index contributed by atoms with van der Waals surface area (Å²) in [5, 5.41) is 17.9. The van der Waals surface area contributed by atoms with Crippen LogP contribution >= 0.6 is 0 Å². The summed E-state index contributed by atoms with van der Waals surface area (Å²) in [4.78, 5) is 42.3. The maximum absolute atomic E-state index is 13.2. The van der Waals surface area contributed by atoms with Crippen molar-refractivity contribution in [3.05, 3.63) is 65.6 Å². The van der Waals surface area contributed by atoms with E-state index in [4.69, 9.17) is 0 Å². The number of sulfonamides is 1. The van der Waals surface area contributed by atoms with Gasteiger partial charge in [-0.2, -0.15) is 9.04 Å². The summed E-state index contributed by atoms with van der Waals surface area (Å²) < 4.78 is 27.2. The summed E-state index contributed by atoms with van der Waals surface area (Å²) in [6.07, 6.45) is 3.74. The van der Waals surface area contributed by atoms with Crippen LogP contribution in [0.15, 0.2) is 59.9 Å². The molecule has 0 radical (unpaired) electrons. The number of carbonyl (C=O) groups excluding carboxylic acids is 3. The number of carbonyl (C=O) groups is 3. The number of Topliss-reactive ketones (excluding diaryl/α,β-unsaturated/α-hetero) is 1. The lowest BCUT2D eigenvalue weighted by Gasteiger charge is -2.23. The molecule has 202 valence electrons. The third-order valence-corrected chi connectivity index (χ3v) is 8.31. The molecule has 2 aromatic heterocycles. The topological polar surface area (TPSA) is 155 Å². The van der Waals surface area contributed by atoms with Gasteiger partial charge in [0, 0.05) is 41.3 Å². The van der Waals surface area contributed by atoms with E-state index < -0.39 is 51.3 Å². The van der Waals surface area contributed by atoms with Crippen LogP contribution in [0.4, 0.5) is 0 Å². The van der Waals surface area contributed by atoms with Crippen molar-refractivity contribution in [3.8, 4) is 0 Å². The number of fused-ring (bicyclic) bond motifs is 1. The molecule has 3 aromatic rings. The van der Waals surface area contributed by atoms with Crippen molar-refractivity contribution < 1.29 is 27.5 Å². The van der Waals surface area contributed by atoms with Gasteiger partial charge in [-0.05, 0) is 55.5 Å². The highest BCUT2D eigenvalue weighted by Crippen LogP contribution is 2.18. The van der Waals surface area contributed by atoms with Gasteiger partial charge < -0.3 is 20.8 Å². The van der Waals surface area contributed by atoms with Gasteiger partial charge in [0.2, 0.25) is 5.91 Å². The maximum Gasteiger partial charge on any atom is 0.323 e. The molecule has 2 amide bonds. The van der Waals surface area contributed by atoms with Gasteiger partial charge in [-0.15, -0.1) is 0 Å². The molecule has 0 aliphatic carbocycles. The molecular formula is C26H31N5O6S. The Balaban J connectivity index is 1.45. The van der Waals surface area contributed by atoms with Crippen LogP contribution in [0.3, 0.4) is 0 Å². The summed E-state index contributed by atoms with van der Waals surface area (Å²) >= 11 is 0. The van der Waals surface area contributed by atoms with Gasteiger partial charge in [0.05, 0.1) is 12.6 Å². The molecule has 0 spiro atoms. The highest BCUT2D eigenvalue weighted by atomic mass is 32.2. The Morgan fingerprint density at radius 2 is 2.00 bits per heavy atom. The third kappa shape index (κ3) is 6.03. The first kappa shape index (κ1) is 27.3. The highest BCUT2D eigenvalue weighted by molar-refractivity contribution is 7.89. The number of aromatic nitrogens is 2. The van der Waals surface area contributed by atoms with E-state index in [-0.39, 0.29) is 23.6 Å². The average molecular weight is 542 g/mol. The number of amides is 2. The monoisotopic (exact) mass is 541 g/mol. The predicted molar refractivity (Wildman–Crippen MR) is 139 cm³/mol. The number of hydrogen-bond donors (Lipinski definition) is 3. The van der Waals surface area contributed by atoms with Crippen LogP contribution in [0, 0.1) is 11.1 Å². The summed E-state index contributed by atoms with van der Waals surface area (Å²) in [6.45, 7) is 3.40. The Labute approximate surface area is 220 Å². The minimum Gasteiger partial charge on any atom is -0.618 e. The molecule has 4 rings (SSSR count). The number of nitrogens with one attached hydrogen (secondary N) is 3. The number of rotatable bonds is 8. The molecule has 1 aliphatic heterocycles. The fraction of sp³-hybridized carbons (Fsp3) is 0.385. The Morgan fingerprint density at radius 1 is 1.21 bits per heavy atom. The van der Waals surface area contributed by atoms with Crippen LogP contribution in [0.2, 0.25) is 0 Å². The average Bonchev–Trinajstić information content (AvgIpc) is 3.26. The lowest BCUT2D eigenvalue weighted by atomic mass is 10.0. The van der Waals surface area contributed by atoms with Crippen LogP contribution in [-0.2, 0) is 19.6 Å². The minimum atomic E-state index is -4.20. The summed E-state index contributed by atoms with van der Waals surface area (Å²) in [5.41, 5.74) is 1.29. The fourth-order valence-corrected chi connectivity index (χ4v) is 5.98. The zero-order chi connectivity index (χ0) is 27.4. The second-order valence-corrected chi connectivity index (χ2v) is 11.7. The molecule has 0 saturated carbocycles. The molecule has 3 N–H and O–H groups in total. The van der Waals surface area contributed by atoms with Gasteiger partial charge in [0.1, 0.15) is 6.04 Å². The molecular weight excluding hydrogens is 510 g/mol. The van der Waals surface area contributed by atoms with Crippen LogP contribution in [0.5, 0.6) is 0 Å². The van der Waals surface area contributed by atoms with Crippen molar-refractivity contribution in [3.63, 3.8) is 0 Å². The number of hydrogen-bond acceptors (Lipinski definition) is 6. The van der Waals surface area contributed by atoms with Crippen LogP contribution in [-0.4, -0.2) is 60.5 Å². The fourth-order valence-electron chi connectivity index (χ4n) is 4.51. The van der Waals surface area contributed by atoms with Gasteiger partial charge in [0.15, 0.2) is 12.0 Å². The summed E-state index contributed by atoms with van der Waals surface area (Å²) in [7, 11) is -4.20. The maximum atomic E-state index is 13.2. The first-order chi connectivity index (χ1) is 18.1. The van der Waals surface area contributed by atoms with Crippen molar-refractivity contribution in [1.82, 2.24) is 19.9 Å². The van der Waals surface area contributed by atoms with Crippen molar-refractivity contribution in [1.29, 1.82) is 0 Å². The number of H-pyrrole nitrogens is 1. The normalized spacial score (nSPS) is 17.8. The first-order valence-corrected chi connectivity index (χ1v) is 13.9. The molecule has 0 bridgehead atoms. The van der Waals surface area contributed by atoms with E-state index >= 15 is 0 Å². The smallest absolute Gasteiger partial charge is 0.323 e. The van der Waals surface area contributed by atoms with E-state index in [1.165, 1.54) is 18.2 Å². The molecule has 12 heteroatoms. The Kier molecular flexibility index (Phi) is 8.12. The molecule has 1 aromatic carbocycles. The quantitative estimate of drug-likeness (QED) is 0.290. The van der Waals surface area contributed by atoms with E-state index in [0.29, 0.717) is 18.4 Å². The lowest BCUT2D eigenvalue weighted by Crippen LogP contribution is -2.52. The van der Waals surface area contributed by atoms with Crippen LogP contribution in [0.25, 0.3) is 10.9 Å². The van der Waals surface area contributed by atoms with Crippen molar-refractivity contribution in [2.45, 2.75) is 50.2 Å². The molecule has 1 aliphatic rings. The third-order valence-electron chi connectivity index (χ3n) is 6.47. The molecule has 11 nitrogen and oxygen atoms in total. The SMILES string of the molecule is CC(C)C[C@@H](NC(=O)c1ccc2[nH]ccc2c1)C(=O)NC1CCCN(S(=O)(=O)c2cccc[n+]2[O-])CC1=O. The van der Waals surface area contributed by atoms with Crippen molar-refractivity contribution in [2.75, 3.05) is 13.1 Å². The van der Waals surface area contributed by atoms with Crippen LogP contribution in [0.1, 0.15) is 43.5 Å². The zero-order valence-electron chi connectivity index (χ0n) is 21.2. The number of aromatic amines is 1. The second-order valence-electron chi connectivity index (χ2n) is 9.81. The Hall–Kier alpha value is -3.77.